The Labute approximate surface area is 158 Å². The molecule has 1 saturated carbocycles. The molecule has 1 aromatic heterocycles. The van der Waals surface area contributed by atoms with Crippen LogP contribution in [-0.2, 0) is 4.79 Å². The lowest BCUT2D eigenvalue weighted by Gasteiger charge is -2.11. The number of carbonyl (C=O) groups excluding carboxylic acids is 2. The second-order valence-corrected chi connectivity index (χ2v) is 6.89. The number of benzene rings is 1. The van der Waals surface area contributed by atoms with Gasteiger partial charge in [0.2, 0.25) is 11.1 Å². The highest BCUT2D eigenvalue weighted by atomic mass is 32.2. The molecule has 2 N–H and O–H groups in total. The molecular formula is C15H17N7O4S. The van der Waals surface area contributed by atoms with Gasteiger partial charge in [-0.1, -0.05) is 30.7 Å². The van der Waals surface area contributed by atoms with Crippen molar-refractivity contribution in [1.82, 2.24) is 31.1 Å². The molecule has 1 aliphatic carbocycles. The first kappa shape index (κ1) is 18.8. The van der Waals surface area contributed by atoms with Gasteiger partial charge in [-0.05, 0) is 29.3 Å². The number of rotatable bonds is 6. The van der Waals surface area contributed by atoms with Gasteiger partial charge in [-0.25, -0.2) is 4.68 Å². The van der Waals surface area contributed by atoms with Crippen LogP contribution in [0, 0.1) is 10.1 Å². The Kier molecular flexibility index (Phi) is 5.96. The number of thioether (sulfide) groups is 1. The topological polar surface area (TPSA) is 145 Å². The molecule has 1 aromatic carbocycles. The summed E-state index contributed by atoms with van der Waals surface area (Å²) in [5.74, 6) is -1.07. The maximum absolute atomic E-state index is 12.0. The Morgan fingerprint density at radius 2 is 2.07 bits per heavy atom. The zero-order valence-corrected chi connectivity index (χ0v) is 15.0. The summed E-state index contributed by atoms with van der Waals surface area (Å²) in [6.45, 7) is 0. The summed E-state index contributed by atoms with van der Waals surface area (Å²) >= 11 is 1.18. The highest BCUT2D eigenvalue weighted by molar-refractivity contribution is 7.99. The summed E-state index contributed by atoms with van der Waals surface area (Å²) in [4.78, 5) is 34.1. The second kappa shape index (κ2) is 8.58. The average Bonchev–Trinajstić information content (AvgIpc) is 3.35. The van der Waals surface area contributed by atoms with E-state index in [2.05, 4.69) is 26.4 Å². The number of carbonyl (C=O) groups is 2. The van der Waals surface area contributed by atoms with Crippen molar-refractivity contribution in [2.45, 2.75) is 36.9 Å². The number of tetrazole rings is 1. The number of hydrogen-bond acceptors (Lipinski definition) is 8. The van der Waals surface area contributed by atoms with Gasteiger partial charge in [0, 0.05) is 17.7 Å². The van der Waals surface area contributed by atoms with Crippen LogP contribution in [-0.4, -0.2) is 42.7 Å². The van der Waals surface area contributed by atoms with Gasteiger partial charge in [-0.2, -0.15) is 0 Å². The zero-order chi connectivity index (χ0) is 19.2. The summed E-state index contributed by atoms with van der Waals surface area (Å²) in [5.41, 5.74) is 4.37. The highest BCUT2D eigenvalue weighted by Gasteiger charge is 2.22. The summed E-state index contributed by atoms with van der Waals surface area (Å²) in [7, 11) is 0. The second-order valence-electron chi connectivity index (χ2n) is 5.94. The van der Waals surface area contributed by atoms with Gasteiger partial charge in [0.25, 0.3) is 11.6 Å². The minimum absolute atomic E-state index is 0.0162. The Morgan fingerprint density at radius 1 is 1.30 bits per heavy atom. The predicted octanol–water partition coefficient (Wildman–Crippen LogP) is 1.25. The molecule has 1 fully saturated rings. The third-order valence-corrected chi connectivity index (χ3v) is 5.03. The van der Waals surface area contributed by atoms with E-state index in [0.717, 1.165) is 31.7 Å². The lowest BCUT2D eigenvalue weighted by molar-refractivity contribution is -0.384. The SMILES string of the molecule is O=C(CSc1nnnn1C1CCCC1)NNC(=O)c1cccc([N+](=O)[O-])c1. The molecule has 11 nitrogen and oxygen atoms in total. The molecule has 0 saturated heterocycles. The highest BCUT2D eigenvalue weighted by Crippen LogP contribution is 2.31. The molecule has 2 aromatic rings. The number of amides is 2. The van der Waals surface area contributed by atoms with Crippen molar-refractivity contribution in [3.05, 3.63) is 39.9 Å². The van der Waals surface area contributed by atoms with E-state index in [9.17, 15) is 19.7 Å². The van der Waals surface area contributed by atoms with Gasteiger partial charge >= 0.3 is 0 Å². The third kappa shape index (κ3) is 4.78. The number of hydrogen-bond donors (Lipinski definition) is 2. The summed E-state index contributed by atoms with van der Waals surface area (Å²) in [5, 5.41) is 22.9. The Hall–Kier alpha value is -3.02. The van der Waals surface area contributed by atoms with Crippen LogP contribution in [0.15, 0.2) is 29.4 Å². The minimum Gasteiger partial charge on any atom is -0.272 e. The van der Waals surface area contributed by atoms with Crippen LogP contribution >= 0.6 is 11.8 Å². The first-order chi connectivity index (χ1) is 13.0. The van der Waals surface area contributed by atoms with E-state index in [1.807, 2.05) is 0 Å². The number of nitrogens with one attached hydrogen (secondary N) is 2. The van der Waals surface area contributed by atoms with Crippen LogP contribution < -0.4 is 10.9 Å². The maximum atomic E-state index is 12.0. The summed E-state index contributed by atoms with van der Waals surface area (Å²) in [6, 6.07) is 5.48. The van der Waals surface area contributed by atoms with Crippen molar-refractivity contribution in [3.63, 3.8) is 0 Å². The number of nitrogens with zero attached hydrogens (tertiary/aromatic N) is 5. The molecule has 0 bridgehead atoms. The van der Waals surface area contributed by atoms with Crippen LogP contribution in [0.2, 0.25) is 0 Å². The van der Waals surface area contributed by atoms with Crippen LogP contribution in [0.1, 0.15) is 42.1 Å². The summed E-state index contributed by atoms with van der Waals surface area (Å²) in [6.07, 6.45) is 4.31. The number of aromatic nitrogens is 4. The number of nitro groups is 1. The Bertz CT molecular complexity index is 850. The van der Waals surface area contributed by atoms with Crippen LogP contribution in [0.3, 0.4) is 0 Å². The molecule has 2 amide bonds. The summed E-state index contributed by atoms with van der Waals surface area (Å²) < 4.78 is 1.74. The number of nitro benzene ring substituents is 1. The molecule has 0 atom stereocenters. The molecule has 0 spiro atoms. The quantitative estimate of drug-likeness (QED) is 0.425. The molecule has 27 heavy (non-hydrogen) atoms. The van der Waals surface area contributed by atoms with Crippen molar-refractivity contribution in [1.29, 1.82) is 0 Å². The smallest absolute Gasteiger partial charge is 0.270 e. The number of non-ortho nitro benzene ring substituents is 1. The Morgan fingerprint density at radius 3 is 2.81 bits per heavy atom. The zero-order valence-electron chi connectivity index (χ0n) is 14.2. The molecule has 142 valence electrons. The third-order valence-electron chi connectivity index (χ3n) is 4.10. The van der Waals surface area contributed by atoms with Crippen molar-refractivity contribution >= 4 is 29.3 Å². The fraction of sp³-hybridized carbons (Fsp3) is 0.400. The van der Waals surface area contributed by atoms with Crippen LogP contribution in [0.4, 0.5) is 5.69 Å². The van der Waals surface area contributed by atoms with Gasteiger partial charge in [-0.3, -0.25) is 30.6 Å². The molecule has 0 aliphatic heterocycles. The maximum Gasteiger partial charge on any atom is 0.270 e. The van der Waals surface area contributed by atoms with Gasteiger partial charge in [0.15, 0.2) is 0 Å². The molecule has 1 aliphatic rings. The van der Waals surface area contributed by atoms with E-state index in [0.29, 0.717) is 5.16 Å². The molecule has 0 unspecified atom stereocenters. The van der Waals surface area contributed by atoms with Gasteiger partial charge in [0.1, 0.15) is 0 Å². The molecule has 3 rings (SSSR count). The number of hydrazine groups is 1. The van der Waals surface area contributed by atoms with Crippen LogP contribution in [0.5, 0.6) is 0 Å². The standard InChI is InChI=1S/C15H17N7O4S/c23-13(9-27-15-18-19-20-21(15)11-5-1-2-6-11)16-17-14(24)10-4-3-7-12(8-10)22(25)26/h3-4,7-8,11H,1-2,5-6,9H2,(H,16,23)(H,17,24). The van der Waals surface area contributed by atoms with Gasteiger partial charge in [-0.15, -0.1) is 5.10 Å². The van der Waals surface area contributed by atoms with E-state index in [4.69, 9.17) is 0 Å². The average molecular weight is 391 g/mol. The van der Waals surface area contributed by atoms with Crippen molar-refractivity contribution < 1.29 is 14.5 Å². The normalized spacial score (nSPS) is 14.1. The van der Waals surface area contributed by atoms with Crippen molar-refractivity contribution in [2.75, 3.05) is 5.75 Å². The first-order valence-electron chi connectivity index (χ1n) is 8.29. The van der Waals surface area contributed by atoms with E-state index in [1.54, 1.807) is 4.68 Å². The molecular weight excluding hydrogens is 374 g/mol. The molecule has 12 heteroatoms. The van der Waals surface area contributed by atoms with Gasteiger partial charge in [0.05, 0.1) is 16.7 Å². The van der Waals surface area contributed by atoms with Gasteiger partial charge < -0.3 is 0 Å². The van der Waals surface area contributed by atoms with E-state index >= 15 is 0 Å². The molecule has 0 radical (unpaired) electrons. The largest absolute Gasteiger partial charge is 0.272 e. The fourth-order valence-electron chi connectivity index (χ4n) is 2.78. The molecule has 1 heterocycles. The monoisotopic (exact) mass is 391 g/mol. The first-order valence-corrected chi connectivity index (χ1v) is 9.27. The van der Waals surface area contributed by atoms with E-state index in [1.165, 1.54) is 30.0 Å². The van der Waals surface area contributed by atoms with Crippen molar-refractivity contribution in [2.24, 2.45) is 0 Å². The van der Waals surface area contributed by atoms with E-state index < -0.39 is 16.7 Å². The van der Waals surface area contributed by atoms with Crippen LogP contribution in [0.25, 0.3) is 0 Å². The minimum atomic E-state index is -0.646. The van der Waals surface area contributed by atoms with E-state index in [-0.39, 0.29) is 23.0 Å². The lowest BCUT2D eigenvalue weighted by Crippen LogP contribution is -2.42. The lowest BCUT2D eigenvalue weighted by atomic mass is 10.2. The van der Waals surface area contributed by atoms with Crippen molar-refractivity contribution in [3.8, 4) is 0 Å². The fourth-order valence-corrected chi connectivity index (χ4v) is 3.53. The predicted molar refractivity (Wildman–Crippen MR) is 94.8 cm³/mol. The Balaban J connectivity index is 1.49.